The summed E-state index contributed by atoms with van der Waals surface area (Å²) in [6.07, 6.45) is 4.52. The van der Waals surface area contributed by atoms with Gasteiger partial charge in [0.25, 0.3) is 0 Å². The first-order valence-electron chi connectivity index (χ1n) is 7.15. The van der Waals surface area contributed by atoms with Crippen molar-refractivity contribution < 1.29 is 9.90 Å². The average molecular weight is 259 g/mol. The Kier molecular flexibility index (Phi) is 2.80. The molecule has 1 saturated carbocycles. The molecule has 2 aliphatic rings. The van der Waals surface area contributed by atoms with E-state index < -0.39 is 5.97 Å². The van der Waals surface area contributed by atoms with Crippen molar-refractivity contribution in [2.75, 3.05) is 11.4 Å². The third-order valence-electron chi connectivity index (χ3n) is 5.03. The van der Waals surface area contributed by atoms with Crippen LogP contribution in [0.25, 0.3) is 0 Å². The SMILES string of the molecule is CC(N1CCCc2c(C(=O)O)cccc21)C1(C)CC1. The number of hydrogen-bond donors (Lipinski definition) is 1. The minimum absolute atomic E-state index is 0.424. The number of aromatic carboxylic acids is 1. The second-order valence-corrected chi connectivity index (χ2v) is 6.24. The highest BCUT2D eigenvalue weighted by Gasteiger charge is 2.45. The number of carboxylic acid groups (broad SMARTS) is 1. The molecule has 1 aromatic carbocycles. The summed E-state index contributed by atoms with van der Waals surface area (Å²) in [5.74, 6) is -0.802. The number of nitrogens with zero attached hydrogens (tertiary/aromatic N) is 1. The molecule has 1 aliphatic carbocycles. The molecule has 0 aromatic heterocycles. The monoisotopic (exact) mass is 259 g/mol. The van der Waals surface area contributed by atoms with Gasteiger partial charge in [-0.25, -0.2) is 4.79 Å². The van der Waals surface area contributed by atoms with E-state index in [9.17, 15) is 9.90 Å². The van der Waals surface area contributed by atoms with E-state index in [2.05, 4.69) is 24.8 Å². The molecule has 0 saturated heterocycles. The molecule has 1 fully saturated rings. The third-order valence-corrected chi connectivity index (χ3v) is 5.03. The van der Waals surface area contributed by atoms with Crippen molar-refractivity contribution in [1.82, 2.24) is 0 Å². The van der Waals surface area contributed by atoms with Gasteiger partial charge in [-0.3, -0.25) is 0 Å². The fourth-order valence-corrected chi connectivity index (χ4v) is 3.25. The minimum atomic E-state index is -0.802. The molecule has 3 heteroatoms. The Morgan fingerprint density at radius 3 is 2.79 bits per heavy atom. The van der Waals surface area contributed by atoms with Crippen LogP contribution in [0.5, 0.6) is 0 Å². The van der Waals surface area contributed by atoms with Crippen molar-refractivity contribution in [3.8, 4) is 0 Å². The molecule has 0 bridgehead atoms. The second kappa shape index (κ2) is 4.26. The summed E-state index contributed by atoms with van der Waals surface area (Å²) in [7, 11) is 0. The Labute approximate surface area is 114 Å². The Morgan fingerprint density at radius 1 is 1.42 bits per heavy atom. The van der Waals surface area contributed by atoms with Gasteiger partial charge in [-0.15, -0.1) is 0 Å². The zero-order chi connectivity index (χ0) is 13.6. The summed E-state index contributed by atoms with van der Waals surface area (Å²) >= 11 is 0. The van der Waals surface area contributed by atoms with E-state index in [-0.39, 0.29) is 0 Å². The highest BCUT2D eigenvalue weighted by atomic mass is 16.4. The quantitative estimate of drug-likeness (QED) is 0.905. The normalized spacial score (nSPS) is 21.7. The third kappa shape index (κ3) is 2.01. The van der Waals surface area contributed by atoms with Crippen LogP contribution in [-0.4, -0.2) is 23.7 Å². The van der Waals surface area contributed by atoms with Gasteiger partial charge >= 0.3 is 5.97 Å². The number of anilines is 1. The highest BCUT2D eigenvalue weighted by Crippen LogP contribution is 2.51. The zero-order valence-corrected chi connectivity index (χ0v) is 11.6. The maximum absolute atomic E-state index is 11.3. The number of rotatable bonds is 3. The molecule has 1 heterocycles. The standard InChI is InChI=1S/C16H21NO2/c1-11(16(2)8-9-16)17-10-4-6-12-13(15(18)19)5-3-7-14(12)17/h3,5,7,11H,4,6,8-10H2,1-2H3,(H,18,19). The van der Waals surface area contributed by atoms with Gasteiger partial charge in [0.15, 0.2) is 0 Å². The van der Waals surface area contributed by atoms with Crippen LogP contribution in [0.2, 0.25) is 0 Å². The van der Waals surface area contributed by atoms with Crippen LogP contribution in [0.3, 0.4) is 0 Å². The fourth-order valence-electron chi connectivity index (χ4n) is 3.25. The Hall–Kier alpha value is -1.51. The topological polar surface area (TPSA) is 40.5 Å². The van der Waals surface area contributed by atoms with Crippen molar-refractivity contribution >= 4 is 11.7 Å². The zero-order valence-electron chi connectivity index (χ0n) is 11.6. The number of fused-ring (bicyclic) bond motifs is 1. The van der Waals surface area contributed by atoms with Crippen molar-refractivity contribution in [3.05, 3.63) is 29.3 Å². The van der Waals surface area contributed by atoms with E-state index in [1.165, 1.54) is 12.8 Å². The molecule has 3 nitrogen and oxygen atoms in total. The first-order chi connectivity index (χ1) is 9.03. The summed E-state index contributed by atoms with van der Waals surface area (Å²) < 4.78 is 0. The number of hydrogen-bond acceptors (Lipinski definition) is 2. The molecule has 3 rings (SSSR count). The second-order valence-electron chi connectivity index (χ2n) is 6.24. The molecule has 0 amide bonds. The van der Waals surface area contributed by atoms with Crippen LogP contribution in [0.4, 0.5) is 5.69 Å². The van der Waals surface area contributed by atoms with E-state index in [4.69, 9.17) is 0 Å². The van der Waals surface area contributed by atoms with Crippen molar-refractivity contribution in [2.24, 2.45) is 5.41 Å². The lowest BCUT2D eigenvalue weighted by atomic mass is 9.91. The van der Waals surface area contributed by atoms with E-state index in [0.29, 0.717) is 17.0 Å². The summed E-state index contributed by atoms with van der Waals surface area (Å²) in [4.78, 5) is 13.8. The summed E-state index contributed by atoms with van der Waals surface area (Å²) in [6, 6.07) is 6.19. The van der Waals surface area contributed by atoms with Gasteiger partial charge in [-0.2, -0.15) is 0 Å². The number of benzene rings is 1. The lowest BCUT2D eigenvalue weighted by Crippen LogP contribution is -2.42. The molecule has 1 aliphatic heterocycles. The minimum Gasteiger partial charge on any atom is -0.478 e. The van der Waals surface area contributed by atoms with E-state index in [0.717, 1.165) is 30.6 Å². The van der Waals surface area contributed by atoms with Gasteiger partial charge in [0.2, 0.25) is 0 Å². The Balaban J connectivity index is 2.00. The average Bonchev–Trinajstić information content (AvgIpc) is 3.15. The molecule has 19 heavy (non-hydrogen) atoms. The predicted molar refractivity (Wildman–Crippen MR) is 75.9 cm³/mol. The highest BCUT2D eigenvalue weighted by molar-refractivity contribution is 5.91. The molecular weight excluding hydrogens is 238 g/mol. The molecule has 1 unspecified atom stereocenters. The molecular formula is C16H21NO2. The van der Waals surface area contributed by atoms with E-state index in [1.807, 2.05) is 6.07 Å². The first-order valence-corrected chi connectivity index (χ1v) is 7.15. The predicted octanol–water partition coefficient (Wildman–Crippen LogP) is 3.33. The van der Waals surface area contributed by atoms with Gasteiger partial charge in [0.05, 0.1) is 5.56 Å². The molecule has 102 valence electrons. The summed E-state index contributed by atoms with van der Waals surface area (Å²) in [6.45, 7) is 5.68. The van der Waals surface area contributed by atoms with Crippen molar-refractivity contribution in [3.63, 3.8) is 0 Å². The van der Waals surface area contributed by atoms with Crippen LogP contribution in [0.1, 0.15) is 49.0 Å². The van der Waals surface area contributed by atoms with E-state index >= 15 is 0 Å². The van der Waals surface area contributed by atoms with E-state index in [1.54, 1.807) is 6.07 Å². The van der Waals surface area contributed by atoms with Gasteiger partial charge in [0, 0.05) is 18.3 Å². The van der Waals surface area contributed by atoms with Gasteiger partial charge in [-0.1, -0.05) is 13.0 Å². The van der Waals surface area contributed by atoms with Crippen molar-refractivity contribution in [1.29, 1.82) is 0 Å². The van der Waals surface area contributed by atoms with Gasteiger partial charge < -0.3 is 10.0 Å². The summed E-state index contributed by atoms with van der Waals surface area (Å²) in [5.41, 5.74) is 3.08. The van der Waals surface area contributed by atoms with Crippen LogP contribution in [0, 0.1) is 5.41 Å². The lowest BCUT2D eigenvalue weighted by molar-refractivity contribution is 0.0695. The largest absolute Gasteiger partial charge is 0.478 e. The number of carbonyl (C=O) groups is 1. The maximum Gasteiger partial charge on any atom is 0.336 e. The van der Waals surface area contributed by atoms with Crippen LogP contribution in [0.15, 0.2) is 18.2 Å². The molecule has 0 spiro atoms. The molecule has 1 N–H and O–H groups in total. The first kappa shape index (κ1) is 12.5. The van der Waals surface area contributed by atoms with Crippen LogP contribution in [-0.2, 0) is 6.42 Å². The Bertz CT molecular complexity index is 519. The van der Waals surface area contributed by atoms with Crippen LogP contribution < -0.4 is 4.90 Å². The molecule has 0 radical (unpaired) electrons. The smallest absolute Gasteiger partial charge is 0.336 e. The van der Waals surface area contributed by atoms with Crippen LogP contribution >= 0.6 is 0 Å². The van der Waals surface area contributed by atoms with Gasteiger partial charge in [-0.05, 0) is 55.7 Å². The fraction of sp³-hybridized carbons (Fsp3) is 0.562. The Morgan fingerprint density at radius 2 is 2.16 bits per heavy atom. The molecule has 1 atom stereocenters. The molecule has 1 aromatic rings. The number of carboxylic acids is 1. The lowest BCUT2D eigenvalue weighted by Gasteiger charge is -2.39. The van der Waals surface area contributed by atoms with Crippen molar-refractivity contribution in [2.45, 2.75) is 45.6 Å². The maximum atomic E-state index is 11.3. The summed E-state index contributed by atoms with van der Waals surface area (Å²) in [5, 5.41) is 9.32. The van der Waals surface area contributed by atoms with Gasteiger partial charge in [0.1, 0.15) is 0 Å².